The molecule has 5 aromatic rings. The van der Waals surface area contributed by atoms with Crippen molar-refractivity contribution in [3.05, 3.63) is 124 Å². The van der Waals surface area contributed by atoms with Crippen molar-refractivity contribution in [1.29, 1.82) is 0 Å². The van der Waals surface area contributed by atoms with E-state index in [0.717, 1.165) is 16.8 Å². The summed E-state index contributed by atoms with van der Waals surface area (Å²) >= 11 is 6.19. The summed E-state index contributed by atoms with van der Waals surface area (Å²) in [6.45, 7) is 2.22. The minimum atomic E-state index is -1.64. The summed E-state index contributed by atoms with van der Waals surface area (Å²) in [5.74, 6) is 1.23. The van der Waals surface area contributed by atoms with Crippen molar-refractivity contribution in [2.45, 2.75) is 19.4 Å². The molecule has 2 amide bonds. The van der Waals surface area contributed by atoms with Crippen molar-refractivity contribution in [2.24, 2.45) is 4.99 Å². The van der Waals surface area contributed by atoms with Crippen LogP contribution < -0.4 is 20.8 Å². The number of nitrogens with zero attached hydrogens (tertiary/aromatic N) is 4. The first kappa shape index (κ1) is 32.6. The number of aromatic nitrogens is 3. The standard InChI is InChI=1S/C35H32BClN6O5/c1-21-41-42-34-30(40-33(22-10-12-25(37)13-11-22)28-19-26(48-2)14-15-31(28)43(21)34)20-32(44)38-16-17-39-35(45)24-7-5-6-23(18-24)27-8-3-4-9-29(27)36(46)47/h3-15,18-19,30,46-47H,16-17,20H2,1-2H3,(H,38,44)(H,39,45)/t30-/m0/s1. The number of hydrogen-bond donors (Lipinski definition) is 4. The van der Waals surface area contributed by atoms with E-state index in [1.165, 1.54) is 0 Å². The molecule has 0 fully saturated rings. The van der Waals surface area contributed by atoms with Crippen LogP contribution in [0.15, 0.2) is 96.0 Å². The SMILES string of the molecule is COc1ccc2c(c1)C(c1ccc(Cl)cc1)=N[C@@H](CC(=O)NCCNC(=O)c1cccc(-c3ccccc3B(O)O)c1)c1nnc(C)n1-2. The molecular weight excluding hydrogens is 631 g/mol. The molecule has 1 aliphatic rings. The molecule has 242 valence electrons. The number of benzene rings is 4. The average Bonchev–Trinajstić information content (AvgIpc) is 3.43. The van der Waals surface area contributed by atoms with E-state index in [-0.39, 0.29) is 31.3 Å². The molecule has 13 heteroatoms. The van der Waals surface area contributed by atoms with Gasteiger partial charge in [0.25, 0.3) is 5.91 Å². The van der Waals surface area contributed by atoms with Crippen molar-refractivity contribution in [3.8, 4) is 22.6 Å². The van der Waals surface area contributed by atoms with E-state index in [2.05, 4.69) is 20.8 Å². The molecule has 0 saturated heterocycles. The Balaban J connectivity index is 1.16. The summed E-state index contributed by atoms with van der Waals surface area (Å²) in [7, 11) is -0.0430. The Morgan fingerprint density at radius 2 is 1.67 bits per heavy atom. The molecule has 0 unspecified atom stereocenters. The number of nitrogens with one attached hydrogen (secondary N) is 2. The maximum atomic E-state index is 13.3. The number of aryl methyl sites for hydroxylation is 1. The van der Waals surface area contributed by atoms with Gasteiger partial charge in [-0.05, 0) is 66.0 Å². The maximum Gasteiger partial charge on any atom is 0.489 e. The summed E-state index contributed by atoms with van der Waals surface area (Å²) in [4.78, 5) is 31.3. The fraction of sp³-hybridized carbons (Fsp3) is 0.171. The molecule has 4 N–H and O–H groups in total. The number of hydrogen-bond acceptors (Lipinski definition) is 8. The van der Waals surface area contributed by atoms with Gasteiger partial charge in [0.15, 0.2) is 5.82 Å². The summed E-state index contributed by atoms with van der Waals surface area (Å²) in [5, 5.41) is 34.5. The molecule has 2 heterocycles. The van der Waals surface area contributed by atoms with Crippen LogP contribution in [-0.2, 0) is 4.79 Å². The van der Waals surface area contributed by atoms with Gasteiger partial charge in [-0.25, -0.2) is 0 Å². The van der Waals surface area contributed by atoms with Crippen LogP contribution in [0.1, 0.15) is 45.6 Å². The zero-order valence-electron chi connectivity index (χ0n) is 26.2. The van der Waals surface area contributed by atoms with E-state index < -0.39 is 13.2 Å². The van der Waals surface area contributed by atoms with Gasteiger partial charge >= 0.3 is 7.12 Å². The highest BCUT2D eigenvalue weighted by Crippen LogP contribution is 2.34. The highest BCUT2D eigenvalue weighted by Gasteiger charge is 2.30. The smallest absolute Gasteiger partial charge is 0.489 e. The molecule has 1 atom stereocenters. The number of rotatable bonds is 10. The molecule has 0 radical (unpaired) electrons. The van der Waals surface area contributed by atoms with Gasteiger partial charge in [0.2, 0.25) is 5.91 Å². The van der Waals surface area contributed by atoms with Crippen LogP contribution in [0.5, 0.6) is 5.75 Å². The lowest BCUT2D eigenvalue weighted by Crippen LogP contribution is -2.35. The minimum absolute atomic E-state index is 0.00748. The Bertz CT molecular complexity index is 2010. The van der Waals surface area contributed by atoms with Crippen LogP contribution in [0.4, 0.5) is 0 Å². The van der Waals surface area contributed by atoms with Crippen molar-refractivity contribution in [1.82, 2.24) is 25.4 Å². The van der Waals surface area contributed by atoms with Gasteiger partial charge in [-0.15, -0.1) is 10.2 Å². The maximum absolute atomic E-state index is 13.3. The van der Waals surface area contributed by atoms with Crippen LogP contribution in [0.3, 0.4) is 0 Å². The average molecular weight is 663 g/mol. The number of ether oxygens (including phenoxy) is 1. The lowest BCUT2D eigenvalue weighted by atomic mass is 9.75. The predicted octanol–water partition coefficient (Wildman–Crippen LogP) is 3.41. The quantitative estimate of drug-likeness (QED) is 0.132. The second kappa shape index (κ2) is 14.2. The normalized spacial score (nSPS) is 13.4. The topological polar surface area (TPSA) is 151 Å². The van der Waals surface area contributed by atoms with Gasteiger partial charge in [-0.2, -0.15) is 0 Å². The van der Waals surface area contributed by atoms with E-state index >= 15 is 0 Å². The molecule has 0 saturated carbocycles. The van der Waals surface area contributed by atoms with E-state index in [4.69, 9.17) is 21.3 Å². The zero-order valence-corrected chi connectivity index (χ0v) is 27.0. The number of amides is 2. The van der Waals surface area contributed by atoms with Gasteiger partial charge in [-0.3, -0.25) is 19.1 Å². The van der Waals surface area contributed by atoms with Crippen LogP contribution in [0.25, 0.3) is 16.8 Å². The van der Waals surface area contributed by atoms with Crippen molar-refractivity contribution < 1.29 is 24.4 Å². The highest BCUT2D eigenvalue weighted by atomic mass is 35.5. The van der Waals surface area contributed by atoms with E-state index in [0.29, 0.717) is 50.3 Å². The molecular formula is C35H32BClN6O5. The van der Waals surface area contributed by atoms with Gasteiger partial charge in [0.1, 0.15) is 17.6 Å². The Hall–Kier alpha value is -5.30. The molecule has 1 aromatic heterocycles. The fourth-order valence-electron chi connectivity index (χ4n) is 5.72. The molecule has 0 aliphatic carbocycles. The van der Waals surface area contributed by atoms with Gasteiger partial charge < -0.3 is 25.4 Å². The van der Waals surface area contributed by atoms with E-state index in [1.54, 1.807) is 67.8 Å². The van der Waals surface area contributed by atoms with Crippen molar-refractivity contribution in [2.75, 3.05) is 20.2 Å². The number of halogens is 1. The summed E-state index contributed by atoms with van der Waals surface area (Å²) in [5.41, 5.74) is 5.11. The summed E-state index contributed by atoms with van der Waals surface area (Å²) in [6.07, 6.45) is -0.00748. The summed E-state index contributed by atoms with van der Waals surface area (Å²) < 4.78 is 7.44. The fourth-order valence-corrected chi connectivity index (χ4v) is 5.84. The number of methoxy groups -OCH3 is 1. The predicted molar refractivity (Wildman–Crippen MR) is 184 cm³/mol. The molecule has 11 nitrogen and oxygen atoms in total. The van der Waals surface area contributed by atoms with Crippen LogP contribution in [0.2, 0.25) is 5.02 Å². The second-order valence-corrected chi connectivity index (χ2v) is 11.6. The molecule has 6 rings (SSSR count). The number of aliphatic imine (C=N–C) groups is 1. The monoisotopic (exact) mass is 662 g/mol. The van der Waals surface area contributed by atoms with E-state index in [1.807, 2.05) is 41.8 Å². The number of carbonyl (C=O) groups is 2. The first-order valence-electron chi connectivity index (χ1n) is 15.3. The minimum Gasteiger partial charge on any atom is -0.497 e. The van der Waals surface area contributed by atoms with Gasteiger partial charge in [0, 0.05) is 34.8 Å². The third kappa shape index (κ3) is 6.86. The molecule has 48 heavy (non-hydrogen) atoms. The zero-order chi connectivity index (χ0) is 33.8. The lowest BCUT2D eigenvalue weighted by molar-refractivity contribution is -0.121. The Labute approximate surface area is 282 Å². The number of carbonyl (C=O) groups excluding carboxylic acids is 2. The Kier molecular flexibility index (Phi) is 9.67. The first-order chi connectivity index (χ1) is 23.2. The summed E-state index contributed by atoms with van der Waals surface area (Å²) in [6, 6.07) is 26.1. The molecule has 4 aromatic carbocycles. The van der Waals surface area contributed by atoms with Crippen LogP contribution in [0, 0.1) is 6.92 Å². The third-order valence-corrected chi connectivity index (χ3v) is 8.29. The molecule has 0 bridgehead atoms. The van der Waals surface area contributed by atoms with E-state index in [9.17, 15) is 19.6 Å². The first-order valence-corrected chi connectivity index (χ1v) is 15.7. The Morgan fingerprint density at radius 3 is 2.44 bits per heavy atom. The number of fused-ring (bicyclic) bond motifs is 3. The lowest BCUT2D eigenvalue weighted by Gasteiger charge is -2.14. The van der Waals surface area contributed by atoms with Gasteiger partial charge in [0.05, 0.1) is 24.9 Å². The highest BCUT2D eigenvalue weighted by molar-refractivity contribution is 6.60. The third-order valence-electron chi connectivity index (χ3n) is 8.04. The Morgan fingerprint density at radius 1 is 0.896 bits per heavy atom. The second-order valence-electron chi connectivity index (χ2n) is 11.2. The van der Waals surface area contributed by atoms with Gasteiger partial charge in [-0.1, -0.05) is 60.1 Å². The van der Waals surface area contributed by atoms with Crippen molar-refractivity contribution in [3.63, 3.8) is 0 Å². The molecule has 0 spiro atoms. The van der Waals surface area contributed by atoms with Crippen LogP contribution >= 0.6 is 11.6 Å². The molecule has 1 aliphatic heterocycles. The van der Waals surface area contributed by atoms with Crippen LogP contribution in [-0.4, -0.2) is 69.7 Å². The largest absolute Gasteiger partial charge is 0.497 e. The van der Waals surface area contributed by atoms with Crippen molar-refractivity contribution >= 4 is 41.7 Å².